The number of likely N-dealkylation sites (N-methyl/N-ethyl adjacent to an activating group) is 1. The van der Waals surface area contributed by atoms with Crippen LogP contribution in [-0.2, 0) is 11.3 Å². The number of anilines is 1. The Morgan fingerprint density at radius 1 is 1.07 bits per heavy atom. The number of ether oxygens (including phenoxy) is 2. The van der Waals surface area contributed by atoms with Crippen molar-refractivity contribution in [2.24, 2.45) is 0 Å². The Labute approximate surface area is 174 Å². The van der Waals surface area contributed by atoms with Gasteiger partial charge in [0.1, 0.15) is 13.2 Å². The number of aryl methyl sites for hydroxylation is 1. The summed E-state index contributed by atoms with van der Waals surface area (Å²) < 4.78 is 16.8. The third-order valence-corrected chi connectivity index (χ3v) is 4.76. The van der Waals surface area contributed by atoms with Crippen LogP contribution in [0.15, 0.2) is 46.9 Å². The summed E-state index contributed by atoms with van der Waals surface area (Å²) in [4.78, 5) is 14.4. The van der Waals surface area contributed by atoms with Crippen LogP contribution >= 0.6 is 0 Å². The van der Waals surface area contributed by atoms with E-state index in [0.717, 1.165) is 5.56 Å². The van der Waals surface area contributed by atoms with E-state index in [1.807, 2.05) is 43.0 Å². The number of benzene rings is 2. The lowest BCUT2D eigenvalue weighted by molar-refractivity contribution is -0.117. The van der Waals surface area contributed by atoms with Crippen LogP contribution in [0.2, 0.25) is 0 Å². The molecule has 2 heterocycles. The van der Waals surface area contributed by atoms with Gasteiger partial charge in [0, 0.05) is 17.3 Å². The molecule has 0 saturated carbocycles. The van der Waals surface area contributed by atoms with Crippen molar-refractivity contribution in [1.82, 2.24) is 15.1 Å². The van der Waals surface area contributed by atoms with Crippen LogP contribution in [-0.4, -0.2) is 47.3 Å². The van der Waals surface area contributed by atoms with Gasteiger partial charge in [-0.3, -0.25) is 9.69 Å². The lowest BCUT2D eigenvalue weighted by atomic mass is 10.1. The third kappa shape index (κ3) is 4.77. The highest BCUT2D eigenvalue weighted by atomic mass is 16.6. The van der Waals surface area contributed by atoms with Crippen LogP contribution in [0.3, 0.4) is 0 Å². The normalized spacial score (nSPS) is 12.8. The van der Waals surface area contributed by atoms with Crippen LogP contribution < -0.4 is 14.8 Å². The van der Waals surface area contributed by atoms with E-state index < -0.39 is 0 Å². The van der Waals surface area contributed by atoms with E-state index >= 15 is 0 Å². The molecule has 1 aromatic heterocycles. The maximum Gasteiger partial charge on any atom is 0.247 e. The van der Waals surface area contributed by atoms with E-state index in [1.165, 1.54) is 5.56 Å². The number of fused-ring (bicyclic) bond motifs is 1. The first-order chi connectivity index (χ1) is 14.6. The summed E-state index contributed by atoms with van der Waals surface area (Å²) in [5.41, 5.74) is 2.71. The first-order valence-corrected chi connectivity index (χ1v) is 9.92. The molecule has 2 aromatic carbocycles. The summed E-state index contributed by atoms with van der Waals surface area (Å²) >= 11 is 0. The summed E-state index contributed by atoms with van der Waals surface area (Å²) in [6, 6.07) is 13.3. The van der Waals surface area contributed by atoms with Gasteiger partial charge in [0.15, 0.2) is 11.5 Å². The van der Waals surface area contributed by atoms with Crippen molar-refractivity contribution in [2.45, 2.75) is 20.4 Å². The van der Waals surface area contributed by atoms with Crippen LogP contribution in [0.5, 0.6) is 11.5 Å². The van der Waals surface area contributed by atoms with Crippen molar-refractivity contribution in [3.8, 4) is 23.0 Å². The topological polar surface area (TPSA) is 89.7 Å². The standard InChI is InChI=1S/C22H24N4O4/c1-3-26(14-21-24-25-22(30-21)16-6-4-15(2)5-7-16)13-20(27)23-17-8-9-18-19(12-17)29-11-10-28-18/h4-9,12H,3,10-11,13-14H2,1-2H3,(H,23,27). The van der Waals surface area contributed by atoms with Gasteiger partial charge < -0.3 is 19.2 Å². The van der Waals surface area contributed by atoms with Crippen LogP contribution in [0, 0.1) is 6.92 Å². The Kier molecular flexibility index (Phi) is 5.94. The molecule has 8 heteroatoms. The number of hydrogen-bond acceptors (Lipinski definition) is 7. The monoisotopic (exact) mass is 408 g/mol. The number of carbonyl (C=O) groups is 1. The molecule has 0 atom stereocenters. The van der Waals surface area contributed by atoms with E-state index in [1.54, 1.807) is 18.2 Å². The second-order valence-corrected chi connectivity index (χ2v) is 7.08. The molecule has 1 N–H and O–H groups in total. The van der Waals surface area contributed by atoms with Gasteiger partial charge in [0.2, 0.25) is 17.7 Å². The van der Waals surface area contributed by atoms with E-state index in [4.69, 9.17) is 13.9 Å². The number of rotatable bonds is 7. The van der Waals surface area contributed by atoms with Crippen LogP contribution in [0.1, 0.15) is 18.4 Å². The van der Waals surface area contributed by atoms with E-state index in [0.29, 0.717) is 55.3 Å². The van der Waals surface area contributed by atoms with Gasteiger partial charge in [0.25, 0.3) is 0 Å². The molecule has 1 amide bonds. The molecule has 3 aromatic rings. The smallest absolute Gasteiger partial charge is 0.247 e. The molecular weight excluding hydrogens is 384 g/mol. The number of aromatic nitrogens is 2. The van der Waals surface area contributed by atoms with Crippen molar-refractivity contribution in [1.29, 1.82) is 0 Å². The fourth-order valence-electron chi connectivity index (χ4n) is 3.13. The van der Waals surface area contributed by atoms with Crippen molar-refractivity contribution < 1.29 is 18.7 Å². The van der Waals surface area contributed by atoms with Crippen LogP contribution in [0.4, 0.5) is 5.69 Å². The summed E-state index contributed by atoms with van der Waals surface area (Å²) in [7, 11) is 0. The number of nitrogens with one attached hydrogen (secondary N) is 1. The molecule has 0 unspecified atom stereocenters. The first kappa shape index (κ1) is 19.9. The Balaban J connectivity index is 1.35. The Hall–Kier alpha value is -3.39. The van der Waals surface area contributed by atoms with E-state index in [-0.39, 0.29) is 12.5 Å². The molecule has 8 nitrogen and oxygen atoms in total. The molecular formula is C22H24N4O4. The quantitative estimate of drug-likeness (QED) is 0.642. The van der Waals surface area contributed by atoms with Crippen molar-refractivity contribution in [3.63, 3.8) is 0 Å². The van der Waals surface area contributed by atoms with E-state index in [2.05, 4.69) is 15.5 Å². The maximum atomic E-state index is 12.5. The van der Waals surface area contributed by atoms with Gasteiger partial charge in [-0.1, -0.05) is 24.6 Å². The Morgan fingerprint density at radius 2 is 1.83 bits per heavy atom. The predicted octanol–water partition coefficient (Wildman–Crippen LogP) is 3.28. The van der Waals surface area contributed by atoms with Gasteiger partial charge in [-0.05, 0) is 37.7 Å². The van der Waals surface area contributed by atoms with Gasteiger partial charge in [-0.25, -0.2) is 0 Å². The lowest BCUT2D eigenvalue weighted by Crippen LogP contribution is -2.32. The highest BCUT2D eigenvalue weighted by Gasteiger charge is 2.16. The van der Waals surface area contributed by atoms with Gasteiger partial charge in [0.05, 0.1) is 13.1 Å². The molecule has 0 spiro atoms. The minimum absolute atomic E-state index is 0.133. The SMILES string of the molecule is CCN(CC(=O)Nc1ccc2c(c1)OCCO2)Cc1nnc(-c2ccc(C)cc2)o1. The lowest BCUT2D eigenvalue weighted by Gasteiger charge is -2.20. The zero-order valence-electron chi connectivity index (χ0n) is 17.1. The second kappa shape index (κ2) is 8.96. The number of nitrogens with zero attached hydrogens (tertiary/aromatic N) is 3. The summed E-state index contributed by atoms with van der Waals surface area (Å²) in [5, 5.41) is 11.1. The molecule has 4 rings (SSSR count). The zero-order valence-corrected chi connectivity index (χ0v) is 17.1. The van der Waals surface area contributed by atoms with Crippen molar-refractivity contribution in [3.05, 3.63) is 53.9 Å². The number of hydrogen-bond donors (Lipinski definition) is 1. The molecule has 156 valence electrons. The minimum atomic E-state index is -0.133. The summed E-state index contributed by atoms with van der Waals surface area (Å²) in [6.07, 6.45) is 0. The molecule has 0 radical (unpaired) electrons. The molecule has 0 aliphatic carbocycles. The predicted molar refractivity (Wildman–Crippen MR) is 111 cm³/mol. The first-order valence-electron chi connectivity index (χ1n) is 9.92. The summed E-state index contributed by atoms with van der Waals surface area (Å²) in [6.45, 7) is 6.30. The third-order valence-electron chi connectivity index (χ3n) is 4.76. The average molecular weight is 408 g/mol. The summed E-state index contributed by atoms with van der Waals surface area (Å²) in [5.74, 6) is 2.14. The minimum Gasteiger partial charge on any atom is -0.486 e. The van der Waals surface area contributed by atoms with E-state index in [9.17, 15) is 4.79 Å². The fourth-order valence-corrected chi connectivity index (χ4v) is 3.13. The highest BCUT2D eigenvalue weighted by Crippen LogP contribution is 2.32. The van der Waals surface area contributed by atoms with Gasteiger partial charge in [-0.15, -0.1) is 10.2 Å². The average Bonchev–Trinajstić information content (AvgIpc) is 3.22. The van der Waals surface area contributed by atoms with Gasteiger partial charge >= 0.3 is 0 Å². The van der Waals surface area contributed by atoms with Crippen molar-refractivity contribution in [2.75, 3.05) is 31.6 Å². The largest absolute Gasteiger partial charge is 0.486 e. The van der Waals surface area contributed by atoms with Crippen molar-refractivity contribution >= 4 is 11.6 Å². The number of amides is 1. The maximum absolute atomic E-state index is 12.5. The Bertz CT molecular complexity index is 1020. The molecule has 1 aliphatic heterocycles. The molecule has 30 heavy (non-hydrogen) atoms. The highest BCUT2D eigenvalue weighted by molar-refractivity contribution is 5.92. The molecule has 1 aliphatic rings. The fraction of sp³-hybridized carbons (Fsp3) is 0.318. The second-order valence-electron chi connectivity index (χ2n) is 7.08. The Morgan fingerprint density at radius 3 is 2.60 bits per heavy atom. The van der Waals surface area contributed by atoms with Crippen LogP contribution in [0.25, 0.3) is 11.5 Å². The molecule has 0 fully saturated rings. The molecule has 0 saturated heterocycles. The molecule has 0 bridgehead atoms. The number of carbonyl (C=O) groups excluding carboxylic acids is 1. The van der Waals surface area contributed by atoms with Gasteiger partial charge in [-0.2, -0.15) is 0 Å². The zero-order chi connectivity index (χ0) is 20.9.